The molecule has 0 fully saturated rings. The molecule has 2 rings (SSSR count). The van der Waals surface area contributed by atoms with Gasteiger partial charge >= 0.3 is 0 Å². The number of benzene rings is 2. The summed E-state index contributed by atoms with van der Waals surface area (Å²) in [4.78, 5) is 25.1. The SMILES string of the molecule is COc1ccc(/C=C/C(=O)c2ccc(OCC(=O)N(C)C)cc2)cc1O. The number of amides is 1. The standard InChI is InChI=1S/C20H21NO5/c1-21(2)20(24)13-26-16-8-6-15(7-9-16)17(22)10-4-14-5-11-19(25-3)18(23)12-14/h4-12,23H,13H2,1-3H3/b10-4+. The van der Waals surface area contributed by atoms with Gasteiger partial charge in [-0.2, -0.15) is 0 Å². The molecule has 26 heavy (non-hydrogen) atoms. The van der Waals surface area contributed by atoms with Crippen molar-refractivity contribution in [2.75, 3.05) is 27.8 Å². The summed E-state index contributed by atoms with van der Waals surface area (Å²) in [5, 5.41) is 9.74. The normalized spacial score (nSPS) is 10.6. The quantitative estimate of drug-likeness (QED) is 0.610. The first-order chi connectivity index (χ1) is 12.4. The van der Waals surface area contributed by atoms with Crippen LogP contribution in [0.3, 0.4) is 0 Å². The number of carbonyl (C=O) groups excluding carboxylic acids is 2. The zero-order valence-electron chi connectivity index (χ0n) is 14.9. The van der Waals surface area contributed by atoms with E-state index in [-0.39, 0.29) is 24.0 Å². The van der Waals surface area contributed by atoms with Gasteiger partial charge in [-0.3, -0.25) is 9.59 Å². The van der Waals surface area contributed by atoms with Crippen LogP contribution in [-0.4, -0.2) is 49.5 Å². The molecule has 0 heterocycles. The fourth-order valence-corrected chi connectivity index (χ4v) is 2.07. The summed E-state index contributed by atoms with van der Waals surface area (Å²) in [6, 6.07) is 11.4. The number of likely N-dealkylation sites (N-methyl/N-ethyl adjacent to an activating group) is 1. The zero-order valence-corrected chi connectivity index (χ0v) is 14.9. The van der Waals surface area contributed by atoms with Gasteiger partial charge in [-0.25, -0.2) is 0 Å². The van der Waals surface area contributed by atoms with Crippen molar-refractivity contribution < 1.29 is 24.2 Å². The number of methoxy groups -OCH3 is 1. The highest BCUT2D eigenvalue weighted by atomic mass is 16.5. The average molecular weight is 355 g/mol. The van der Waals surface area contributed by atoms with Crippen LogP contribution in [0.2, 0.25) is 0 Å². The van der Waals surface area contributed by atoms with Crippen molar-refractivity contribution in [3.05, 3.63) is 59.7 Å². The Bertz CT molecular complexity index is 809. The number of phenols is 1. The van der Waals surface area contributed by atoms with Crippen molar-refractivity contribution in [2.45, 2.75) is 0 Å². The van der Waals surface area contributed by atoms with E-state index in [0.29, 0.717) is 22.6 Å². The predicted molar refractivity (Wildman–Crippen MR) is 98.7 cm³/mol. The van der Waals surface area contributed by atoms with E-state index in [1.165, 1.54) is 24.2 Å². The average Bonchev–Trinajstić information content (AvgIpc) is 2.64. The van der Waals surface area contributed by atoms with E-state index in [9.17, 15) is 14.7 Å². The second-order valence-electron chi connectivity index (χ2n) is 5.73. The molecule has 0 bridgehead atoms. The largest absolute Gasteiger partial charge is 0.504 e. The molecule has 0 atom stereocenters. The van der Waals surface area contributed by atoms with Crippen LogP contribution in [0.25, 0.3) is 6.08 Å². The van der Waals surface area contributed by atoms with Crippen molar-refractivity contribution >= 4 is 17.8 Å². The van der Waals surface area contributed by atoms with Crippen LogP contribution in [0.15, 0.2) is 48.5 Å². The molecule has 1 N–H and O–H groups in total. The summed E-state index contributed by atoms with van der Waals surface area (Å²) < 4.78 is 10.3. The summed E-state index contributed by atoms with van der Waals surface area (Å²) in [6.07, 6.45) is 3.04. The summed E-state index contributed by atoms with van der Waals surface area (Å²) in [5.74, 6) is 0.570. The van der Waals surface area contributed by atoms with Crippen molar-refractivity contribution in [3.63, 3.8) is 0 Å². The Hall–Kier alpha value is -3.28. The van der Waals surface area contributed by atoms with Crippen LogP contribution in [0, 0.1) is 0 Å². The van der Waals surface area contributed by atoms with E-state index < -0.39 is 0 Å². The molecule has 0 saturated heterocycles. The minimum atomic E-state index is -0.184. The first kappa shape index (κ1) is 19.1. The molecule has 2 aromatic rings. The van der Waals surface area contributed by atoms with Gasteiger partial charge in [0.2, 0.25) is 0 Å². The molecule has 2 aromatic carbocycles. The lowest BCUT2D eigenvalue weighted by Crippen LogP contribution is -2.27. The lowest BCUT2D eigenvalue weighted by atomic mass is 10.1. The molecule has 0 radical (unpaired) electrons. The van der Waals surface area contributed by atoms with Gasteiger partial charge in [0, 0.05) is 19.7 Å². The van der Waals surface area contributed by atoms with Crippen LogP contribution in [0.1, 0.15) is 15.9 Å². The zero-order chi connectivity index (χ0) is 19.1. The Morgan fingerprint density at radius 2 is 1.81 bits per heavy atom. The number of aromatic hydroxyl groups is 1. The summed E-state index contributed by atoms with van der Waals surface area (Å²) in [7, 11) is 4.78. The van der Waals surface area contributed by atoms with Gasteiger partial charge in [0.1, 0.15) is 5.75 Å². The fraction of sp³-hybridized carbons (Fsp3) is 0.200. The number of carbonyl (C=O) groups is 2. The first-order valence-corrected chi connectivity index (χ1v) is 7.93. The number of hydrogen-bond acceptors (Lipinski definition) is 5. The van der Waals surface area contributed by atoms with Crippen LogP contribution in [0.4, 0.5) is 0 Å². The number of rotatable bonds is 7. The Balaban J connectivity index is 1.99. The van der Waals surface area contributed by atoms with Crippen LogP contribution < -0.4 is 9.47 Å². The maximum absolute atomic E-state index is 12.2. The number of allylic oxidation sites excluding steroid dienone is 1. The number of phenolic OH excluding ortho intramolecular Hbond substituents is 1. The molecule has 1 amide bonds. The highest BCUT2D eigenvalue weighted by Gasteiger charge is 2.07. The van der Waals surface area contributed by atoms with E-state index in [0.717, 1.165) is 0 Å². The van der Waals surface area contributed by atoms with E-state index in [1.807, 2.05) is 0 Å². The summed E-state index contributed by atoms with van der Waals surface area (Å²) in [6.45, 7) is -0.0544. The molecule has 0 aliphatic carbocycles. The minimum Gasteiger partial charge on any atom is -0.504 e. The van der Waals surface area contributed by atoms with Gasteiger partial charge in [-0.1, -0.05) is 12.1 Å². The molecule has 0 spiro atoms. The highest BCUT2D eigenvalue weighted by molar-refractivity contribution is 6.06. The van der Waals surface area contributed by atoms with Gasteiger partial charge in [0.15, 0.2) is 23.9 Å². The third kappa shape index (κ3) is 5.11. The minimum absolute atomic E-state index is 0.0101. The predicted octanol–water partition coefficient (Wildman–Crippen LogP) is 2.76. The van der Waals surface area contributed by atoms with Gasteiger partial charge < -0.3 is 19.5 Å². The Kier molecular flexibility index (Phi) is 6.38. The summed E-state index contributed by atoms with van der Waals surface area (Å²) in [5.41, 5.74) is 1.17. The molecule has 0 unspecified atom stereocenters. The number of hydrogen-bond donors (Lipinski definition) is 1. The van der Waals surface area contributed by atoms with Crippen molar-refractivity contribution in [1.82, 2.24) is 4.90 Å². The van der Waals surface area contributed by atoms with Gasteiger partial charge in [0.05, 0.1) is 7.11 Å². The van der Waals surface area contributed by atoms with Gasteiger partial charge in [-0.15, -0.1) is 0 Å². The second-order valence-corrected chi connectivity index (χ2v) is 5.73. The van der Waals surface area contributed by atoms with E-state index in [2.05, 4.69) is 0 Å². The maximum atomic E-state index is 12.2. The molecule has 136 valence electrons. The number of ketones is 1. The molecule has 0 saturated carbocycles. The van der Waals surface area contributed by atoms with Crippen LogP contribution in [-0.2, 0) is 4.79 Å². The molecular weight excluding hydrogens is 334 g/mol. The van der Waals surface area contributed by atoms with Crippen molar-refractivity contribution in [2.24, 2.45) is 0 Å². The van der Waals surface area contributed by atoms with Crippen LogP contribution in [0.5, 0.6) is 17.2 Å². The van der Waals surface area contributed by atoms with E-state index in [1.54, 1.807) is 56.6 Å². The molecule has 0 aliphatic heterocycles. The van der Waals surface area contributed by atoms with Crippen LogP contribution >= 0.6 is 0 Å². The Morgan fingerprint density at radius 1 is 1.12 bits per heavy atom. The van der Waals surface area contributed by atoms with Gasteiger partial charge in [-0.05, 0) is 48.0 Å². The van der Waals surface area contributed by atoms with Crippen molar-refractivity contribution in [1.29, 1.82) is 0 Å². The molecule has 6 heteroatoms. The number of ether oxygens (including phenoxy) is 2. The topological polar surface area (TPSA) is 76.1 Å². The monoisotopic (exact) mass is 355 g/mol. The molecule has 0 aromatic heterocycles. The Labute approximate surface area is 152 Å². The highest BCUT2D eigenvalue weighted by Crippen LogP contribution is 2.26. The maximum Gasteiger partial charge on any atom is 0.259 e. The number of nitrogens with zero attached hydrogens (tertiary/aromatic N) is 1. The van der Waals surface area contributed by atoms with Crippen molar-refractivity contribution in [3.8, 4) is 17.2 Å². The van der Waals surface area contributed by atoms with E-state index in [4.69, 9.17) is 9.47 Å². The summed E-state index contributed by atoms with van der Waals surface area (Å²) >= 11 is 0. The molecule has 6 nitrogen and oxygen atoms in total. The Morgan fingerprint density at radius 3 is 2.38 bits per heavy atom. The third-order valence-electron chi connectivity index (χ3n) is 3.63. The lowest BCUT2D eigenvalue weighted by Gasteiger charge is -2.11. The molecular formula is C20H21NO5. The lowest BCUT2D eigenvalue weighted by molar-refractivity contribution is -0.130. The first-order valence-electron chi connectivity index (χ1n) is 7.93. The van der Waals surface area contributed by atoms with Gasteiger partial charge in [0.25, 0.3) is 5.91 Å². The van der Waals surface area contributed by atoms with E-state index >= 15 is 0 Å². The third-order valence-corrected chi connectivity index (χ3v) is 3.63. The fourth-order valence-electron chi connectivity index (χ4n) is 2.07. The molecule has 0 aliphatic rings. The second kappa shape index (κ2) is 8.71. The smallest absolute Gasteiger partial charge is 0.259 e.